The van der Waals surface area contributed by atoms with Gasteiger partial charge in [0.2, 0.25) is 0 Å². The molecular weight excluding hydrogens is 492 g/mol. The molecule has 0 spiro atoms. The molecule has 0 saturated heterocycles. The SMILES string of the molecule is CC[C@H](c1nnnn1C(C)(C)CC)N(CCc1ccc(OC)c(OC)c1)Cc1cc2cc(C)ccc2[nH]c1=O. The predicted molar refractivity (Wildman–Crippen MR) is 153 cm³/mol. The monoisotopic (exact) mass is 532 g/mol. The molecule has 0 fully saturated rings. The van der Waals surface area contributed by atoms with Crippen molar-refractivity contribution in [3.8, 4) is 11.5 Å². The highest BCUT2D eigenvalue weighted by Gasteiger charge is 2.31. The average molecular weight is 533 g/mol. The highest BCUT2D eigenvalue weighted by Crippen LogP contribution is 2.31. The lowest BCUT2D eigenvalue weighted by Crippen LogP contribution is -2.37. The van der Waals surface area contributed by atoms with Gasteiger partial charge in [-0.2, -0.15) is 0 Å². The van der Waals surface area contributed by atoms with Crippen LogP contribution in [0.25, 0.3) is 10.9 Å². The molecule has 0 saturated carbocycles. The summed E-state index contributed by atoms with van der Waals surface area (Å²) in [6.07, 6.45) is 2.42. The quantitative estimate of drug-likeness (QED) is 0.268. The number of aromatic nitrogens is 5. The van der Waals surface area contributed by atoms with Crippen LogP contribution in [0.5, 0.6) is 11.5 Å². The van der Waals surface area contributed by atoms with E-state index in [4.69, 9.17) is 9.47 Å². The lowest BCUT2D eigenvalue weighted by molar-refractivity contribution is 0.160. The van der Waals surface area contributed by atoms with Crippen LogP contribution in [-0.4, -0.2) is 50.9 Å². The van der Waals surface area contributed by atoms with Gasteiger partial charge in [-0.3, -0.25) is 9.69 Å². The highest BCUT2D eigenvalue weighted by atomic mass is 16.5. The van der Waals surface area contributed by atoms with Crippen LogP contribution in [0.15, 0.2) is 47.3 Å². The van der Waals surface area contributed by atoms with Crippen molar-refractivity contribution in [2.75, 3.05) is 20.8 Å². The lowest BCUT2D eigenvalue weighted by Gasteiger charge is -2.33. The molecule has 4 aromatic rings. The Balaban J connectivity index is 1.73. The summed E-state index contributed by atoms with van der Waals surface area (Å²) in [5, 5.41) is 14.0. The summed E-state index contributed by atoms with van der Waals surface area (Å²) >= 11 is 0. The van der Waals surface area contributed by atoms with Gasteiger partial charge in [-0.1, -0.05) is 31.5 Å². The number of aromatic amines is 1. The first kappa shape index (κ1) is 28.3. The summed E-state index contributed by atoms with van der Waals surface area (Å²) in [5.41, 5.74) is 3.51. The number of nitrogens with one attached hydrogen (secondary N) is 1. The third kappa shape index (κ3) is 6.14. The molecule has 0 amide bonds. The van der Waals surface area contributed by atoms with E-state index < -0.39 is 0 Å². The topological polar surface area (TPSA) is 98.2 Å². The van der Waals surface area contributed by atoms with Gasteiger partial charge in [-0.05, 0) is 91.7 Å². The Morgan fingerprint density at radius 3 is 2.51 bits per heavy atom. The van der Waals surface area contributed by atoms with Gasteiger partial charge < -0.3 is 14.5 Å². The number of nitrogens with zero attached hydrogens (tertiary/aromatic N) is 5. The van der Waals surface area contributed by atoms with Crippen LogP contribution in [0.3, 0.4) is 0 Å². The molecule has 39 heavy (non-hydrogen) atoms. The number of pyridine rings is 1. The second kappa shape index (κ2) is 12.0. The van der Waals surface area contributed by atoms with Crippen LogP contribution >= 0.6 is 0 Å². The van der Waals surface area contributed by atoms with E-state index in [2.05, 4.69) is 72.2 Å². The van der Waals surface area contributed by atoms with Crippen LogP contribution in [-0.2, 0) is 18.5 Å². The molecule has 0 aliphatic carbocycles. The maximum Gasteiger partial charge on any atom is 0.252 e. The first-order valence-electron chi connectivity index (χ1n) is 13.6. The van der Waals surface area contributed by atoms with Crippen molar-refractivity contribution < 1.29 is 9.47 Å². The maximum atomic E-state index is 13.2. The van der Waals surface area contributed by atoms with Crippen LogP contribution in [0.2, 0.25) is 0 Å². The summed E-state index contributed by atoms with van der Waals surface area (Å²) in [6.45, 7) is 11.8. The maximum absolute atomic E-state index is 13.2. The van der Waals surface area contributed by atoms with E-state index in [0.717, 1.165) is 47.1 Å². The van der Waals surface area contributed by atoms with E-state index in [1.165, 1.54) is 0 Å². The van der Waals surface area contributed by atoms with Gasteiger partial charge in [0.25, 0.3) is 5.56 Å². The molecule has 9 heteroatoms. The van der Waals surface area contributed by atoms with Gasteiger partial charge in [0.15, 0.2) is 17.3 Å². The molecule has 0 radical (unpaired) electrons. The van der Waals surface area contributed by atoms with E-state index in [-0.39, 0.29) is 17.1 Å². The minimum absolute atomic E-state index is 0.0780. The number of ether oxygens (including phenoxy) is 2. The second-order valence-electron chi connectivity index (χ2n) is 10.7. The first-order valence-corrected chi connectivity index (χ1v) is 13.6. The van der Waals surface area contributed by atoms with Crippen molar-refractivity contribution >= 4 is 10.9 Å². The number of rotatable bonds is 12. The van der Waals surface area contributed by atoms with E-state index >= 15 is 0 Å². The second-order valence-corrected chi connectivity index (χ2v) is 10.7. The highest BCUT2D eigenvalue weighted by molar-refractivity contribution is 5.79. The number of benzene rings is 2. The Bertz CT molecular complexity index is 1480. The van der Waals surface area contributed by atoms with E-state index in [1.54, 1.807) is 14.2 Å². The third-order valence-corrected chi connectivity index (χ3v) is 7.64. The molecule has 0 unspecified atom stereocenters. The molecule has 0 bridgehead atoms. The van der Waals surface area contributed by atoms with Gasteiger partial charge in [-0.15, -0.1) is 5.10 Å². The fourth-order valence-corrected chi connectivity index (χ4v) is 4.95. The number of aryl methyl sites for hydroxylation is 1. The van der Waals surface area contributed by atoms with Crippen LogP contribution < -0.4 is 15.0 Å². The lowest BCUT2D eigenvalue weighted by atomic mass is 10.0. The molecule has 1 atom stereocenters. The number of methoxy groups -OCH3 is 2. The minimum atomic E-state index is -0.237. The van der Waals surface area contributed by atoms with Gasteiger partial charge in [0.05, 0.1) is 25.8 Å². The molecule has 2 aromatic carbocycles. The van der Waals surface area contributed by atoms with Crippen molar-refractivity contribution in [2.45, 2.75) is 72.0 Å². The molecule has 2 heterocycles. The zero-order chi connectivity index (χ0) is 28.2. The number of fused-ring (bicyclic) bond motifs is 1. The van der Waals surface area contributed by atoms with Gasteiger partial charge in [0, 0.05) is 24.2 Å². The van der Waals surface area contributed by atoms with E-state index in [9.17, 15) is 4.79 Å². The van der Waals surface area contributed by atoms with Crippen molar-refractivity contribution in [1.29, 1.82) is 0 Å². The van der Waals surface area contributed by atoms with Crippen LogP contribution in [0, 0.1) is 6.92 Å². The van der Waals surface area contributed by atoms with Crippen molar-refractivity contribution in [3.63, 3.8) is 0 Å². The first-order chi connectivity index (χ1) is 18.7. The van der Waals surface area contributed by atoms with Crippen LogP contribution in [0.1, 0.15) is 69.1 Å². The Kier molecular flexibility index (Phi) is 8.70. The van der Waals surface area contributed by atoms with Crippen molar-refractivity contribution in [3.05, 3.63) is 75.3 Å². The van der Waals surface area contributed by atoms with Gasteiger partial charge in [-0.25, -0.2) is 4.68 Å². The zero-order valence-electron chi connectivity index (χ0n) is 24.1. The molecule has 2 aromatic heterocycles. The van der Waals surface area contributed by atoms with Crippen molar-refractivity contribution in [1.82, 2.24) is 30.1 Å². The zero-order valence-corrected chi connectivity index (χ0v) is 24.1. The van der Waals surface area contributed by atoms with E-state index in [1.807, 2.05) is 35.0 Å². The Labute approximate surface area is 230 Å². The van der Waals surface area contributed by atoms with Gasteiger partial charge in [0.1, 0.15) is 0 Å². The number of hydrogen-bond acceptors (Lipinski definition) is 7. The summed E-state index contributed by atoms with van der Waals surface area (Å²) in [6, 6.07) is 14.0. The average Bonchev–Trinajstić information content (AvgIpc) is 3.43. The summed E-state index contributed by atoms with van der Waals surface area (Å²) in [4.78, 5) is 18.6. The Morgan fingerprint density at radius 2 is 1.82 bits per heavy atom. The Hall–Kier alpha value is -3.72. The summed E-state index contributed by atoms with van der Waals surface area (Å²) in [7, 11) is 3.28. The van der Waals surface area contributed by atoms with Crippen molar-refractivity contribution in [2.24, 2.45) is 0 Å². The van der Waals surface area contributed by atoms with Gasteiger partial charge >= 0.3 is 0 Å². The number of tetrazole rings is 1. The fourth-order valence-electron chi connectivity index (χ4n) is 4.95. The largest absolute Gasteiger partial charge is 0.493 e. The number of hydrogen-bond donors (Lipinski definition) is 1. The van der Waals surface area contributed by atoms with E-state index in [0.29, 0.717) is 30.2 Å². The minimum Gasteiger partial charge on any atom is -0.493 e. The molecule has 9 nitrogen and oxygen atoms in total. The summed E-state index contributed by atoms with van der Waals surface area (Å²) in [5.74, 6) is 2.21. The molecular formula is C30H40N6O3. The van der Waals surface area contributed by atoms with Crippen LogP contribution in [0.4, 0.5) is 0 Å². The molecule has 208 valence electrons. The smallest absolute Gasteiger partial charge is 0.252 e. The standard InChI is InChI=1S/C30H40N6O3/c1-8-25(28-32-33-34-36(28)30(4,5)9-2)35(15-14-21-11-13-26(38-6)27(17-21)39-7)19-23-18-22-16-20(3)10-12-24(22)31-29(23)37/h10-13,16-18,25H,8-9,14-15,19H2,1-7H3,(H,31,37)/t25-/m1/s1. The molecule has 0 aliphatic heterocycles. The molecule has 1 N–H and O–H groups in total. The predicted octanol–water partition coefficient (Wildman–Crippen LogP) is 5.18. The fraction of sp³-hybridized carbons (Fsp3) is 0.467. The third-order valence-electron chi connectivity index (χ3n) is 7.64. The number of H-pyrrole nitrogens is 1. The summed E-state index contributed by atoms with van der Waals surface area (Å²) < 4.78 is 12.9. The normalized spacial score (nSPS) is 12.7. The molecule has 0 aliphatic rings. The molecule has 4 rings (SSSR count). The Morgan fingerprint density at radius 1 is 1.05 bits per heavy atom.